The van der Waals surface area contributed by atoms with Gasteiger partial charge in [0.05, 0.1) is 21.5 Å². The molecular weight excluding hydrogens is 376 g/mol. The van der Waals surface area contributed by atoms with Gasteiger partial charge >= 0.3 is 0 Å². The van der Waals surface area contributed by atoms with Crippen LogP contribution >= 0.6 is 23.2 Å². The average Bonchev–Trinajstić information content (AvgIpc) is 2.49. The summed E-state index contributed by atoms with van der Waals surface area (Å²) in [7, 11) is -3.56. The first-order valence-electron chi connectivity index (χ1n) is 6.85. The van der Waals surface area contributed by atoms with Crippen LogP contribution in [-0.4, -0.2) is 20.6 Å². The third-order valence-electron chi connectivity index (χ3n) is 3.38. The summed E-state index contributed by atoms with van der Waals surface area (Å²) in [4.78, 5) is 12.3. The number of carbonyl (C=O) groups is 1. The fraction of sp³-hybridized carbons (Fsp3) is 0.188. The Morgan fingerprint density at radius 1 is 1.17 bits per heavy atom. The Hall–Kier alpha value is -1.63. The van der Waals surface area contributed by atoms with Crippen molar-refractivity contribution in [2.24, 2.45) is 0 Å². The highest BCUT2D eigenvalue weighted by molar-refractivity contribution is 7.90. The van der Waals surface area contributed by atoms with Gasteiger partial charge < -0.3 is 5.32 Å². The normalized spacial score (nSPS) is 12.7. The highest BCUT2D eigenvalue weighted by Gasteiger charge is 2.21. The van der Waals surface area contributed by atoms with Crippen molar-refractivity contribution in [1.29, 1.82) is 0 Å². The molecule has 128 valence electrons. The Morgan fingerprint density at radius 3 is 2.42 bits per heavy atom. The predicted octanol–water partition coefficient (Wildman–Crippen LogP) is 4.03. The fourth-order valence-corrected chi connectivity index (χ4v) is 3.63. The van der Waals surface area contributed by atoms with E-state index < -0.39 is 27.6 Å². The van der Waals surface area contributed by atoms with Crippen LogP contribution in [-0.2, 0) is 9.84 Å². The topological polar surface area (TPSA) is 63.2 Å². The summed E-state index contributed by atoms with van der Waals surface area (Å²) in [6, 6.07) is 7.58. The fourth-order valence-electron chi connectivity index (χ4n) is 2.20. The van der Waals surface area contributed by atoms with Crippen molar-refractivity contribution in [1.82, 2.24) is 5.32 Å². The van der Waals surface area contributed by atoms with E-state index in [9.17, 15) is 17.6 Å². The summed E-state index contributed by atoms with van der Waals surface area (Å²) in [5.74, 6) is -1.26. The molecule has 1 unspecified atom stereocenters. The molecule has 2 rings (SSSR count). The van der Waals surface area contributed by atoms with Gasteiger partial charge in [0.25, 0.3) is 5.91 Å². The third-order valence-corrected chi connectivity index (χ3v) is 5.16. The van der Waals surface area contributed by atoms with E-state index in [0.29, 0.717) is 5.56 Å². The number of nitrogens with one attached hydrogen (secondary N) is 1. The Morgan fingerprint density at radius 2 is 1.79 bits per heavy atom. The summed E-state index contributed by atoms with van der Waals surface area (Å²) >= 11 is 11.7. The maximum atomic E-state index is 13.6. The second kappa shape index (κ2) is 7.09. The van der Waals surface area contributed by atoms with Crippen LogP contribution in [0.2, 0.25) is 10.0 Å². The highest BCUT2D eigenvalue weighted by Crippen LogP contribution is 2.29. The number of carbonyl (C=O) groups excluding carboxylic acids is 1. The second-order valence-electron chi connectivity index (χ2n) is 5.25. The highest BCUT2D eigenvalue weighted by atomic mass is 35.5. The molecule has 0 spiro atoms. The molecule has 0 aromatic heterocycles. The summed E-state index contributed by atoms with van der Waals surface area (Å²) < 4.78 is 37.2. The lowest BCUT2D eigenvalue weighted by molar-refractivity contribution is 0.0936. The van der Waals surface area contributed by atoms with Gasteiger partial charge in [0, 0.05) is 11.3 Å². The summed E-state index contributed by atoms with van der Waals surface area (Å²) in [6.45, 7) is 1.61. The number of sulfone groups is 1. The number of amides is 1. The molecule has 0 heterocycles. The maximum Gasteiger partial charge on any atom is 0.253 e. The van der Waals surface area contributed by atoms with Crippen LogP contribution < -0.4 is 5.32 Å². The summed E-state index contributed by atoms with van der Waals surface area (Å²) in [6.07, 6.45) is 1.02. The van der Waals surface area contributed by atoms with Crippen molar-refractivity contribution in [3.8, 4) is 0 Å². The first kappa shape index (κ1) is 18.7. The van der Waals surface area contributed by atoms with Crippen LogP contribution in [0.1, 0.15) is 28.9 Å². The van der Waals surface area contributed by atoms with Crippen LogP contribution in [0.15, 0.2) is 41.3 Å². The van der Waals surface area contributed by atoms with Crippen molar-refractivity contribution in [3.05, 3.63) is 63.4 Å². The minimum absolute atomic E-state index is 0.0115. The molecule has 0 aliphatic rings. The van der Waals surface area contributed by atoms with Gasteiger partial charge in [-0.15, -0.1) is 0 Å². The van der Waals surface area contributed by atoms with Crippen LogP contribution in [0.5, 0.6) is 0 Å². The quantitative estimate of drug-likeness (QED) is 0.802. The predicted molar refractivity (Wildman–Crippen MR) is 91.9 cm³/mol. The van der Waals surface area contributed by atoms with Crippen LogP contribution in [0.3, 0.4) is 0 Å². The van der Waals surface area contributed by atoms with E-state index in [1.807, 2.05) is 0 Å². The van der Waals surface area contributed by atoms with E-state index in [-0.39, 0.29) is 20.5 Å². The molecule has 0 saturated heterocycles. The SMILES string of the molecule is CC(NC(=O)c1ccccc1S(C)(=O)=O)c1cc(F)c(Cl)cc1Cl. The first-order chi connectivity index (χ1) is 11.1. The van der Waals surface area contributed by atoms with Crippen molar-refractivity contribution < 1.29 is 17.6 Å². The second-order valence-corrected chi connectivity index (χ2v) is 8.05. The van der Waals surface area contributed by atoms with Crippen LogP contribution in [0.4, 0.5) is 4.39 Å². The standard InChI is InChI=1S/C16H14Cl2FNO3S/c1-9(11-7-14(19)13(18)8-12(11)17)20-16(21)10-5-3-4-6-15(10)24(2,22)23/h3-9H,1-2H3,(H,20,21). The zero-order valence-corrected chi connectivity index (χ0v) is 15.1. The van der Waals surface area contributed by atoms with Gasteiger partial charge in [-0.25, -0.2) is 12.8 Å². The van der Waals surface area contributed by atoms with Gasteiger partial charge in [0.1, 0.15) is 5.82 Å². The van der Waals surface area contributed by atoms with Crippen molar-refractivity contribution in [2.45, 2.75) is 17.9 Å². The number of rotatable bonds is 4. The van der Waals surface area contributed by atoms with Crippen molar-refractivity contribution >= 4 is 38.9 Å². The van der Waals surface area contributed by atoms with E-state index in [0.717, 1.165) is 12.3 Å². The molecule has 8 heteroatoms. The number of hydrogen-bond acceptors (Lipinski definition) is 3. The molecule has 0 saturated carbocycles. The molecule has 24 heavy (non-hydrogen) atoms. The Labute approximate surface area is 149 Å². The number of halogens is 3. The smallest absolute Gasteiger partial charge is 0.253 e. The van der Waals surface area contributed by atoms with Crippen molar-refractivity contribution in [2.75, 3.05) is 6.26 Å². The van der Waals surface area contributed by atoms with Gasteiger partial charge in [0.15, 0.2) is 9.84 Å². The molecule has 0 fully saturated rings. The van der Waals surface area contributed by atoms with Gasteiger partial charge in [-0.05, 0) is 36.8 Å². The molecule has 0 radical (unpaired) electrons. The largest absolute Gasteiger partial charge is 0.345 e. The first-order valence-corrected chi connectivity index (χ1v) is 9.50. The van der Waals surface area contributed by atoms with Gasteiger partial charge in [-0.3, -0.25) is 4.79 Å². The molecule has 0 bridgehead atoms. The monoisotopic (exact) mass is 389 g/mol. The lowest BCUT2D eigenvalue weighted by atomic mass is 10.1. The maximum absolute atomic E-state index is 13.6. The number of benzene rings is 2. The van der Waals surface area contributed by atoms with Crippen LogP contribution in [0.25, 0.3) is 0 Å². The zero-order chi connectivity index (χ0) is 18.1. The third kappa shape index (κ3) is 4.06. The molecule has 0 aliphatic heterocycles. The summed E-state index contributed by atoms with van der Waals surface area (Å²) in [5.41, 5.74) is 0.348. The van der Waals surface area contributed by atoms with E-state index in [1.54, 1.807) is 13.0 Å². The van der Waals surface area contributed by atoms with E-state index >= 15 is 0 Å². The molecular formula is C16H14Cl2FNO3S. The van der Waals surface area contributed by atoms with Gasteiger partial charge in [-0.2, -0.15) is 0 Å². The van der Waals surface area contributed by atoms with Gasteiger partial charge in [0.2, 0.25) is 0 Å². The van der Waals surface area contributed by atoms with E-state index in [4.69, 9.17) is 23.2 Å². The Bertz CT molecular complexity index is 900. The average molecular weight is 390 g/mol. The minimum Gasteiger partial charge on any atom is -0.345 e. The lowest BCUT2D eigenvalue weighted by Crippen LogP contribution is -2.28. The Balaban J connectivity index is 2.33. The minimum atomic E-state index is -3.56. The molecule has 2 aromatic carbocycles. The Kier molecular flexibility index (Phi) is 5.52. The lowest BCUT2D eigenvalue weighted by Gasteiger charge is -2.17. The van der Waals surface area contributed by atoms with E-state index in [2.05, 4.69) is 5.32 Å². The van der Waals surface area contributed by atoms with Gasteiger partial charge in [-0.1, -0.05) is 35.3 Å². The van der Waals surface area contributed by atoms with Crippen LogP contribution in [0, 0.1) is 5.82 Å². The molecule has 1 N–H and O–H groups in total. The molecule has 2 aromatic rings. The summed E-state index contributed by atoms with van der Waals surface area (Å²) in [5, 5.41) is 2.69. The number of hydrogen-bond donors (Lipinski definition) is 1. The van der Waals surface area contributed by atoms with E-state index in [1.165, 1.54) is 24.3 Å². The molecule has 4 nitrogen and oxygen atoms in total. The van der Waals surface area contributed by atoms with Crippen molar-refractivity contribution in [3.63, 3.8) is 0 Å². The molecule has 1 amide bonds. The molecule has 0 aliphatic carbocycles. The molecule has 1 atom stereocenters. The zero-order valence-electron chi connectivity index (χ0n) is 12.8.